The number of esters is 1. The summed E-state index contributed by atoms with van der Waals surface area (Å²) in [6, 6.07) is 12.7. The van der Waals surface area contributed by atoms with E-state index < -0.39 is 5.97 Å². The lowest BCUT2D eigenvalue weighted by atomic mass is 10.2. The normalized spacial score (nSPS) is 10.1. The van der Waals surface area contributed by atoms with Gasteiger partial charge in [0, 0.05) is 12.2 Å². The van der Waals surface area contributed by atoms with Gasteiger partial charge < -0.3 is 9.64 Å². The molecule has 2 rings (SSSR count). The Morgan fingerprint density at radius 1 is 1.10 bits per heavy atom. The van der Waals surface area contributed by atoms with Gasteiger partial charge in [-0.05, 0) is 31.2 Å². The minimum atomic E-state index is -0.420. The van der Waals surface area contributed by atoms with Gasteiger partial charge in [-0.3, -0.25) is 4.79 Å². The van der Waals surface area contributed by atoms with Crippen LogP contribution in [-0.4, -0.2) is 25.5 Å². The molecule has 104 valence electrons. The lowest BCUT2D eigenvalue weighted by molar-refractivity contribution is 0.0606. The van der Waals surface area contributed by atoms with Crippen LogP contribution in [-0.2, 0) is 4.74 Å². The molecular formula is C15H15NO3S. The van der Waals surface area contributed by atoms with E-state index in [0.29, 0.717) is 16.3 Å². The maximum Gasteiger partial charge on any atom is 0.348 e. The number of hydrogen-bond donors (Lipinski definition) is 0. The summed E-state index contributed by atoms with van der Waals surface area (Å²) in [7, 11) is 1.33. The quantitative estimate of drug-likeness (QED) is 0.812. The Morgan fingerprint density at radius 3 is 2.35 bits per heavy atom. The molecule has 1 aromatic carbocycles. The molecule has 0 radical (unpaired) electrons. The smallest absolute Gasteiger partial charge is 0.348 e. The van der Waals surface area contributed by atoms with Crippen molar-refractivity contribution in [1.29, 1.82) is 0 Å². The fraction of sp³-hybridized carbons (Fsp3) is 0.200. The van der Waals surface area contributed by atoms with Gasteiger partial charge in [-0.2, -0.15) is 0 Å². The van der Waals surface area contributed by atoms with Crippen LogP contribution < -0.4 is 4.90 Å². The molecule has 20 heavy (non-hydrogen) atoms. The van der Waals surface area contributed by atoms with E-state index in [-0.39, 0.29) is 5.91 Å². The van der Waals surface area contributed by atoms with Crippen molar-refractivity contribution < 1.29 is 14.3 Å². The summed E-state index contributed by atoms with van der Waals surface area (Å²) in [6.45, 7) is 2.48. The topological polar surface area (TPSA) is 46.6 Å². The number of thiophene rings is 1. The molecule has 0 saturated heterocycles. The first-order valence-electron chi connectivity index (χ1n) is 6.22. The van der Waals surface area contributed by atoms with Crippen LogP contribution in [0, 0.1) is 0 Å². The molecule has 0 bridgehead atoms. The molecule has 1 aromatic heterocycles. The summed E-state index contributed by atoms with van der Waals surface area (Å²) in [5.41, 5.74) is 0.841. The van der Waals surface area contributed by atoms with E-state index in [0.717, 1.165) is 17.0 Å². The molecule has 5 heteroatoms. The van der Waals surface area contributed by atoms with Crippen molar-refractivity contribution in [2.45, 2.75) is 6.92 Å². The van der Waals surface area contributed by atoms with E-state index >= 15 is 0 Å². The number of ether oxygens (including phenoxy) is 1. The molecule has 4 nitrogen and oxygen atoms in total. The molecule has 0 aliphatic carbocycles. The maximum absolute atomic E-state index is 12.5. The number of amides is 1. The predicted molar refractivity (Wildman–Crippen MR) is 79.5 cm³/mol. The lowest BCUT2D eigenvalue weighted by Gasteiger charge is -2.20. The van der Waals surface area contributed by atoms with Crippen molar-refractivity contribution >= 4 is 28.9 Å². The number of carbonyl (C=O) groups is 2. The third kappa shape index (κ3) is 2.88. The molecule has 0 aliphatic heterocycles. The van der Waals surface area contributed by atoms with Crippen LogP contribution in [0.2, 0.25) is 0 Å². The molecule has 0 aliphatic rings. The highest BCUT2D eigenvalue weighted by molar-refractivity contribution is 7.16. The van der Waals surface area contributed by atoms with Crippen LogP contribution in [0.25, 0.3) is 0 Å². The van der Waals surface area contributed by atoms with Gasteiger partial charge in [0.15, 0.2) is 0 Å². The first kappa shape index (κ1) is 14.3. The average molecular weight is 289 g/mol. The number of hydrogen-bond acceptors (Lipinski definition) is 4. The van der Waals surface area contributed by atoms with Crippen molar-refractivity contribution in [3.05, 3.63) is 52.2 Å². The van der Waals surface area contributed by atoms with E-state index in [9.17, 15) is 9.59 Å². The SMILES string of the molecule is CCN(C(=O)c1ccc(C(=O)OC)s1)c1ccccc1. The molecule has 0 N–H and O–H groups in total. The fourth-order valence-electron chi connectivity index (χ4n) is 1.85. The third-order valence-electron chi connectivity index (χ3n) is 2.83. The van der Waals surface area contributed by atoms with Crippen LogP contribution in [0.3, 0.4) is 0 Å². The molecule has 2 aromatic rings. The molecule has 0 saturated carbocycles. The minimum Gasteiger partial charge on any atom is -0.465 e. The van der Waals surface area contributed by atoms with Gasteiger partial charge in [-0.25, -0.2) is 4.79 Å². The number of benzene rings is 1. The van der Waals surface area contributed by atoms with Crippen molar-refractivity contribution in [2.24, 2.45) is 0 Å². The van der Waals surface area contributed by atoms with Gasteiger partial charge >= 0.3 is 5.97 Å². The second-order valence-electron chi connectivity index (χ2n) is 4.04. The second-order valence-corrected chi connectivity index (χ2v) is 5.12. The largest absolute Gasteiger partial charge is 0.465 e. The van der Waals surface area contributed by atoms with Crippen molar-refractivity contribution in [1.82, 2.24) is 0 Å². The Balaban J connectivity index is 2.25. The van der Waals surface area contributed by atoms with Crippen molar-refractivity contribution in [3.8, 4) is 0 Å². The number of anilines is 1. The molecule has 1 heterocycles. The fourth-order valence-corrected chi connectivity index (χ4v) is 2.72. The lowest BCUT2D eigenvalue weighted by Crippen LogP contribution is -2.29. The van der Waals surface area contributed by atoms with E-state index in [2.05, 4.69) is 4.74 Å². The average Bonchev–Trinajstić information content (AvgIpc) is 2.98. The van der Waals surface area contributed by atoms with Gasteiger partial charge in [-0.1, -0.05) is 18.2 Å². The van der Waals surface area contributed by atoms with Crippen LogP contribution in [0.15, 0.2) is 42.5 Å². The Kier molecular flexibility index (Phi) is 4.53. The minimum absolute atomic E-state index is 0.112. The number of para-hydroxylation sites is 1. The van der Waals surface area contributed by atoms with E-state index in [1.54, 1.807) is 17.0 Å². The Bertz CT molecular complexity index is 607. The van der Waals surface area contributed by atoms with Crippen LogP contribution in [0.5, 0.6) is 0 Å². The summed E-state index contributed by atoms with van der Waals surface area (Å²) >= 11 is 1.15. The molecule has 0 fully saturated rings. The number of nitrogens with zero attached hydrogens (tertiary/aromatic N) is 1. The highest BCUT2D eigenvalue weighted by atomic mass is 32.1. The summed E-state index contributed by atoms with van der Waals surface area (Å²) in [5.74, 6) is -0.532. The van der Waals surface area contributed by atoms with Gasteiger partial charge in [0.2, 0.25) is 0 Å². The highest BCUT2D eigenvalue weighted by Gasteiger charge is 2.19. The number of methoxy groups -OCH3 is 1. The Hall–Kier alpha value is -2.14. The first-order valence-corrected chi connectivity index (χ1v) is 7.04. The second kappa shape index (κ2) is 6.34. The molecular weight excluding hydrogens is 274 g/mol. The molecule has 0 atom stereocenters. The maximum atomic E-state index is 12.5. The summed E-state index contributed by atoms with van der Waals surface area (Å²) in [4.78, 5) is 26.5. The zero-order chi connectivity index (χ0) is 14.5. The molecule has 0 spiro atoms. The van der Waals surface area contributed by atoms with Gasteiger partial charge in [-0.15, -0.1) is 11.3 Å². The molecule has 0 unspecified atom stereocenters. The summed E-state index contributed by atoms with van der Waals surface area (Å²) < 4.78 is 4.65. The van der Waals surface area contributed by atoms with Gasteiger partial charge in [0.05, 0.1) is 12.0 Å². The van der Waals surface area contributed by atoms with Crippen LogP contribution in [0.4, 0.5) is 5.69 Å². The van der Waals surface area contributed by atoms with E-state index in [4.69, 9.17) is 0 Å². The zero-order valence-corrected chi connectivity index (χ0v) is 12.1. The first-order chi connectivity index (χ1) is 9.67. The van der Waals surface area contributed by atoms with Gasteiger partial charge in [0.1, 0.15) is 4.88 Å². The van der Waals surface area contributed by atoms with Crippen molar-refractivity contribution in [3.63, 3.8) is 0 Å². The van der Waals surface area contributed by atoms with Crippen molar-refractivity contribution in [2.75, 3.05) is 18.6 Å². The zero-order valence-electron chi connectivity index (χ0n) is 11.3. The van der Waals surface area contributed by atoms with Crippen LogP contribution in [0.1, 0.15) is 26.3 Å². The Morgan fingerprint density at radius 2 is 1.75 bits per heavy atom. The summed E-state index contributed by atoms with van der Waals surface area (Å²) in [6.07, 6.45) is 0. The number of carbonyl (C=O) groups excluding carboxylic acids is 2. The monoisotopic (exact) mass is 289 g/mol. The molecule has 1 amide bonds. The Labute approximate surface area is 121 Å². The third-order valence-corrected chi connectivity index (χ3v) is 3.89. The predicted octanol–water partition coefficient (Wildman–Crippen LogP) is 3.20. The van der Waals surface area contributed by atoms with Gasteiger partial charge in [0.25, 0.3) is 5.91 Å². The highest BCUT2D eigenvalue weighted by Crippen LogP contribution is 2.22. The standard InChI is InChI=1S/C15H15NO3S/c1-3-16(11-7-5-4-6-8-11)14(17)12-9-10-13(20-12)15(18)19-2/h4-10H,3H2,1-2H3. The summed E-state index contributed by atoms with van der Waals surface area (Å²) in [5, 5.41) is 0. The van der Waals surface area contributed by atoms with E-state index in [1.165, 1.54) is 7.11 Å². The van der Waals surface area contributed by atoms with E-state index in [1.807, 2.05) is 37.3 Å². The van der Waals surface area contributed by atoms with Crippen LogP contribution >= 0.6 is 11.3 Å². The number of rotatable bonds is 4.